The third-order valence-corrected chi connectivity index (χ3v) is 11.9. The van der Waals surface area contributed by atoms with Gasteiger partial charge in [-0.25, -0.2) is 4.79 Å². The second-order valence-corrected chi connectivity index (χ2v) is 15.4. The SMILES string of the molecule is Cc1c(C)c(-c2cc3c(cc2C(=O)N2Cc4ccccc4C[C@H]2CN2CCOCC2)CN(C(=O)/C=C/c2ccccc2)CC3)n(C(=O)Nc2ccc(O)cc2)c1C. The summed E-state index contributed by atoms with van der Waals surface area (Å²) in [5, 5.41) is 12.9. The van der Waals surface area contributed by atoms with Gasteiger partial charge in [-0.1, -0.05) is 54.6 Å². The van der Waals surface area contributed by atoms with Gasteiger partial charge in [0.2, 0.25) is 5.91 Å². The molecular formula is C47H49N5O5. The van der Waals surface area contributed by atoms with E-state index < -0.39 is 0 Å². The van der Waals surface area contributed by atoms with Gasteiger partial charge in [-0.3, -0.25) is 19.1 Å². The molecule has 1 fully saturated rings. The van der Waals surface area contributed by atoms with Crippen LogP contribution in [0.1, 0.15) is 55.0 Å². The highest BCUT2D eigenvalue weighted by atomic mass is 16.5. The van der Waals surface area contributed by atoms with Crippen molar-refractivity contribution in [2.75, 3.05) is 44.7 Å². The van der Waals surface area contributed by atoms with Crippen LogP contribution >= 0.6 is 0 Å². The fourth-order valence-corrected chi connectivity index (χ4v) is 8.48. The van der Waals surface area contributed by atoms with Crippen LogP contribution in [0.3, 0.4) is 0 Å². The molecule has 3 aliphatic rings. The topological polar surface area (TPSA) is 107 Å². The number of phenols is 1. The van der Waals surface area contributed by atoms with E-state index in [1.54, 1.807) is 22.8 Å². The van der Waals surface area contributed by atoms with Gasteiger partial charge in [-0.05, 0) is 115 Å². The van der Waals surface area contributed by atoms with Crippen molar-refractivity contribution in [2.45, 2.75) is 52.7 Å². The van der Waals surface area contributed by atoms with Crippen molar-refractivity contribution in [1.29, 1.82) is 0 Å². The molecule has 4 aromatic carbocycles. The first-order chi connectivity index (χ1) is 27.6. The Morgan fingerprint density at radius 1 is 0.807 bits per heavy atom. The predicted octanol–water partition coefficient (Wildman–Crippen LogP) is 7.36. The van der Waals surface area contributed by atoms with E-state index in [0.717, 1.165) is 65.1 Å². The van der Waals surface area contributed by atoms with Gasteiger partial charge in [0.15, 0.2) is 0 Å². The summed E-state index contributed by atoms with van der Waals surface area (Å²) in [4.78, 5) is 49.5. The molecule has 1 aromatic heterocycles. The summed E-state index contributed by atoms with van der Waals surface area (Å²) in [6.45, 7) is 11.0. The quantitative estimate of drug-likeness (QED) is 0.133. The average molecular weight is 764 g/mol. The maximum Gasteiger partial charge on any atom is 0.330 e. The number of aromatic nitrogens is 1. The Morgan fingerprint density at radius 3 is 2.28 bits per heavy atom. The smallest absolute Gasteiger partial charge is 0.330 e. The van der Waals surface area contributed by atoms with Gasteiger partial charge < -0.3 is 25.0 Å². The van der Waals surface area contributed by atoms with Crippen molar-refractivity contribution in [3.8, 4) is 17.0 Å². The number of carbonyl (C=O) groups is 3. The first-order valence-corrected chi connectivity index (χ1v) is 19.8. The number of nitrogens with one attached hydrogen (secondary N) is 1. The largest absolute Gasteiger partial charge is 0.508 e. The Balaban J connectivity index is 1.22. The van der Waals surface area contributed by atoms with Crippen LogP contribution in [0, 0.1) is 20.8 Å². The number of rotatable bonds is 7. The van der Waals surface area contributed by atoms with Gasteiger partial charge in [-0.15, -0.1) is 0 Å². The Morgan fingerprint density at radius 2 is 1.53 bits per heavy atom. The van der Waals surface area contributed by atoms with Crippen LogP contribution in [0.2, 0.25) is 0 Å². The number of fused-ring (bicyclic) bond motifs is 2. The molecule has 2 N–H and O–H groups in total. The van der Waals surface area contributed by atoms with Crippen LogP contribution in [0.5, 0.6) is 5.75 Å². The minimum absolute atomic E-state index is 0.0790. The maximum absolute atomic E-state index is 15.5. The zero-order valence-electron chi connectivity index (χ0n) is 32.8. The second kappa shape index (κ2) is 16.3. The lowest BCUT2D eigenvalue weighted by Crippen LogP contribution is -2.52. The Labute approximate surface area is 334 Å². The number of nitrogens with zero attached hydrogens (tertiary/aromatic N) is 4. The lowest BCUT2D eigenvalue weighted by atomic mass is 9.88. The van der Waals surface area contributed by atoms with E-state index in [2.05, 4.69) is 34.5 Å². The minimum atomic E-state index is -0.362. The maximum atomic E-state index is 15.5. The molecule has 3 aliphatic heterocycles. The summed E-state index contributed by atoms with van der Waals surface area (Å²) in [5.41, 5.74) is 10.4. The number of anilines is 1. The lowest BCUT2D eigenvalue weighted by molar-refractivity contribution is -0.126. The zero-order chi connectivity index (χ0) is 39.6. The first kappa shape index (κ1) is 37.9. The zero-order valence-corrected chi connectivity index (χ0v) is 32.8. The van der Waals surface area contributed by atoms with Crippen LogP contribution in [0.4, 0.5) is 10.5 Å². The Kier molecular flexibility index (Phi) is 10.8. The molecule has 0 radical (unpaired) electrons. The van der Waals surface area contributed by atoms with Crippen molar-refractivity contribution in [1.82, 2.24) is 19.3 Å². The monoisotopic (exact) mass is 763 g/mol. The minimum Gasteiger partial charge on any atom is -0.508 e. The molecule has 3 amide bonds. The van der Waals surface area contributed by atoms with E-state index in [0.29, 0.717) is 61.8 Å². The molecule has 8 rings (SSSR count). The van der Waals surface area contributed by atoms with E-state index in [1.807, 2.05) is 79.1 Å². The molecule has 0 bridgehead atoms. The van der Waals surface area contributed by atoms with Gasteiger partial charge in [0.05, 0.1) is 18.9 Å². The molecule has 0 unspecified atom stereocenters. The van der Waals surface area contributed by atoms with Crippen LogP contribution in [-0.4, -0.2) is 87.7 Å². The van der Waals surface area contributed by atoms with E-state index in [-0.39, 0.29) is 29.6 Å². The number of benzene rings is 4. The van der Waals surface area contributed by atoms with Gasteiger partial charge in [-0.2, -0.15) is 0 Å². The summed E-state index contributed by atoms with van der Waals surface area (Å²) in [6.07, 6.45) is 4.80. The van der Waals surface area contributed by atoms with E-state index in [4.69, 9.17) is 4.74 Å². The van der Waals surface area contributed by atoms with Crippen molar-refractivity contribution in [3.63, 3.8) is 0 Å². The van der Waals surface area contributed by atoms with E-state index >= 15 is 4.79 Å². The lowest BCUT2D eigenvalue weighted by Gasteiger charge is -2.41. The third kappa shape index (κ3) is 7.88. The Hall–Kier alpha value is -5.97. The molecule has 0 aliphatic carbocycles. The fraction of sp³-hybridized carbons (Fsp3) is 0.298. The summed E-state index contributed by atoms with van der Waals surface area (Å²) in [7, 11) is 0. The molecule has 292 valence electrons. The molecule has 4 heterocycles. The average Bonchev–Trinajstić information content (AvgIpc) is 3.46. The normalized spacial score (nSPS) is 17.0. The van der Waals surface area contributed by atoms with Crippen molar-refractivity contribution in [3.05, 3.63) is 147 Å². The summed E-state index contributed by atoms with van der Waals surface area (Å²) in [6, 6.07) is 28.2. The molecule has 1 saturated heterocycles. The van der Waals surface area contributed by atoms with Crippen LogP contribution in [-0.2, 0) is 35.5 Å². The number of amides is 3. The first-order valence-electron chi connectivity index (χ1n) is 19.8. The molecule has 57 heavy (non-hydrogen) atoms. The van der Waals surface area contributed by atoms with E-state index in [9.17, 15) is 14.7 Å². The molecular weight excluding hydrogens is 715 g/mol. The predicted molar refractivity (Wildman–Crippen MR) is 222 cm³/mol. The Bertz CT molecular complexity index is 2340. The van der Waals surface area contributed by atoms with Crippen LogP contribution in [0.15, 0.2) is 97.1 Å². The molecule has 0 saturated carbocycles. The number of carbonyl (C=O) groups excluding carboxylic acids is 3. The second-order valence-electron chi connectivity index (χ2n) is 15.4. The fourth-order valence-electron chi connectivity index (χ4n) is 8.48. The number of aromatic hydroxyl groups is 1. The number of phenolic OH excluding ortho intramolecular Hbond substituents is 1. The summed E-state index contributed by atoms with van der Waals surface area (Å²) >= 11 is 0. The van der Waals surface area contributed by atoms with E-state index in [1.165, 1.54) is 17.7 Å². The van der Waals surface area contributed by atoms with Crippen molar-refractivity contribution < 1.29 is 24.2 Å². The molecule has 5 aromatic rings. The van der Waals surface area contributed by atoms with Crippen LogP contribution in [0.25, 0.3) is 17.3 Å². The number of hydrogen-bond acceptors (Lipinski definition) is 6. The standard InChI is InChI=1S/C47H49N5O5/c1-31-32(2)45(52(33(31)3)47(56)48-39-14-16-41(53)17-15-39)42-26-36-19-20-50(44(54)18-13-34-9-5-4-6-10-34)28-38(36)27-43(42)46(55)51-29-37-12-8-7-11-35(37)25-40(51)30-49-21-23-57-24-22-49/h4-18,26-27,40,53H,19-25,28-30H2,1-3H3,(H,48,56)/b18-13+/t40-/m0/s1. The molecule has 10 nitrogen and oxygen atoms in total. The van der Waals surface area contributed by atoms with Gasteiger partial charge >= 0.3 is 6.03 Å². The number of morpholine rings is 1. The molecule has 0 spiro atoms. The summed E-state index contributed by atoms with van der Waals surface area (Å²) in [5.74, 6) is -0.0783. The van der Waals surface area contributed by atoms with Crippen LogP contribution < -0.4 is 5.32 Å². The highest BCUT2D eigenvalue weighted by molar-refractivity contribution is 6.04. The molecule has 10 heteroatoms. The highest BCUT2D eigenvalue weighted by Crippen LogP contribution is 2.38. The third-order valence-electron chi connectivity index (χ3n) is 11.9. The van der Waals surface area contributed by atoms with Gasteiger partial charge in [0.25, 0.3) is 5.91 Å². The summed E-state index contributed by atoms with van der Waals surface area (Å²) < 4.78 is 7.35. The van der Waals surface area contributed by atoms with Crippen molar-refractivity contribution >= 4 is 29.6 Å². The number of hydrogen-bond donors (Lipinski definition) is 2. The van der Waals surface area contributed by atoms with Crippen molar-refractivity contribution in [2.24, 2.45) is 0 Å². The van der Waals surface area contributed by atoms with Gasteiger partial charge in [0.1, 0.15) is 5.75 Å². The molecule has 1 atom stereocenters. The highest BCUT2D eigenvalue weighted by Gasteiger charge is 2.35. The number of ether oxygens (including phenoxy) is 1. The van der Waals surface area contributed by atoms with Gasteiger partial charge in [0, 0.05) is 73.9 Å².